The molecule has 0 atom stereocenters. The number of unbranched alkanes of at least 4 members (excludes halogenated alkanes) is 1. The number of carboxylic acid groups (broad SMARTS) is 1. The van der Waals surface area contributed by atoms with E-state index in [1.54, 1.807) is 24.3 Å². The fraction of sp³-hybridized carbons (Fsp3) is 0.467. The highest BCUT2D eigenvalue weighted by atomic mass is 16.5. The monoisotopic (exact) mass is 264 g/mol. The Balaban J connectivity index is 2.42. The molecule has 19 heavy (non-hydrogen) atoms. The van der Waals surface area contributed by atoms with Crippen LogP contribution in [0.3, 0.4) is 0 Å². The number of hydrogen-bond donors (Lipinski definition) is 1. The maximum absolute atomic E-state index is 11.8. The SMILES string of the molecule is CC(C)Oc1ccc(C(=O)CCCCC(=O)O)cc1. The molecule has 0 aliphatic carbocycles. The van der Waals surface area contributed by atoms with Gasteiger partial charge in [0.05, 0.1) is 6.10 Å². The van der Waals surface area contributed by atoms with Crippen molar-refractivity contribution in [3.05, 3.63) is 29.8 Å². The number of hydrogen-bond acceptors (Lipinski definition) is 3. The Morgan fingerprint density at radius 1 is 1.11 bits per heavy atom. The molecule has 0 spiro atoms. The van der Waals surface area contributed by atoms with Crippen LogP contribution in [0, 0.1) is 0 Å². The Morgan fingerprint density at radius 2 is 1.68 bits per heavy atom. The van der Waals surface area contributed by atoms with E-state index in [2.05, 4.69) is 0 Å². The summed E-state index contributed by atoms with van der Waals surface area (Å²) in [6.07, 6.45) is 1.76. The lowest BCUT2D eigenvalue weighted by Gasteiger charge is -2.09. The van der Waals surface area contributed by atoms with E-state index in [1.165, 1.54) is 0 Å². The minimum absolute atomic E-state index is 0.0430. The van der Waals surface area contributed by atoms with Crippen LogP contribution in [0.2, 0.25) is 0 Å². The Kier molecular flexibility index (Phi) is 6.06. The predicted molar refractivity (Wildman–Crippen MR) is 72.6 cm³/mol. The number of carbonyl (C=O) groups excluding carboxylic acids is 1. The second-order valence-corrected chi connectivity index (χ2v) is 4.72. The molecule has 0 saturated heterocycles. The number of benzene rings is 1. The van der Waals surface area contributed by atoms with Crippen LogP contribution in [0.5, 0.6) is 5.75 Å². The number of carbonyl (C=O) groups is 2. The first kappa shape index (κ1) is 15.2. The van der Waals surface area contributed by atoms with Gasteiger partial charge in [-0.2, -0.15) is 0 Å². The zero-order valence-corrected chi connectivity index (χ0v) is 11.4. The summed E-state index contributed by atoms with van der Waals surface area (Å²) < 4.78 is 5.50. The van der Waals surface area contributed by atoms with Gasteiger partial charge in [0.25, 0.3) is 0 Å². The standard InChI is InChI=1S/C15H20O4/c1-11(2)19-13-9-7-12(8-10-13)14(16)5-3-4-6-15(17)18/h7-11H,3-6H2,1-2H3,(H,17,18). The van der Waals surface area contributed by atoms with Crippen LogP contribution < -0.4 is 4.74 Å². The largest absolute Gasteiger partial charge is 0.491 e. The van der Waals surface area contributed by atoms with Crippen molar-refractivity contribution in [2.45, 2.75) is 45.6 Å². The Bertz CT molecular complexity index is 420. The predicted octanol–water partition coefficient (Wildman–Crippen LogP) is 3.30. The summed E-state index contributed by atoms with van der Waals surface area (Å²) in [5, 5.41) is 8.50. The summed E-state index contributed by atoms with van der Waals surface area (Å²) in [5.74, 6) is -0.0263. The first-order chi connectivity index (χ1) is 8.99. The van der Waals surface area contributed by atoms with Crippen LogP contribution in [0.1, 0.15) is 49.9 Å². The molecule has 0 aromatic heterocycles. The van der Waals surface area contributed by atoms with Crippen molar-refractivity contribution in [3.63, 3.8) is 0 Å². The molecule has 0 aliphatic rings. The molecule has 0 aliphatic heterocycles. The summed E-state index contributed by atoms with van der Waals surface area (Å²) in [5.41, 5.74) is 0.645. The fourth-order valence-corrected chi connectivity index (χ4v) is 1.70. The second kappa shape index (κ2) is 7.56. The van der Waals surface area contributed by atoms with Gasteiger partial charge in [-0.1, -0.05) is 0 Å². The summed E-state index contributed by atoms with van der Waals surface area (Å²) in [6, 6.07) is 7.06. The van der Waals surface area contributed by atoms with Gasteiger partial charge in [-0.3, -0.25) is 9.59 Å². The molecule has 4 nitrogen and oxygen atoms in total. The van der Waals surface area contributed by atoms with Crippen molar-refractivity contribution in [1.29, 1.82) is 0 Å². The number of aliphatic carboxylic acids is 1. The maximum Gasteiger partial charge on any atom is 0.303 e. The zero-order valence-electron chi connectivity index (χ0n) is 11.4. The van der Waals surface area contributed by atoms with E-state index in [1.807, 2.05) is 13.8 Å². The average molecular weight is 264 g/mol. The van der Waals surface area contributed by atoms with Crippen LogP contribution in [0.15, 0.2) is 24.3 Å². The maximum atomic E-state index is 11.8. The number of rotatable bonds is 8. The van der Waals surface area contributed by atoms with Gasteiger partial charge < -0.3 is 9.84 Å². The average Bonchev–Trinajstić information content (AvgIpc) is 2.34. The lowest BCUT2D eigenvalue weighted by Crippen LogP contribution is -2.06. The summed E-state index contributed by atoms with van der Waals surface area (Å²) in [6.45, 7) is 3.89. The molecule has 1 rings (SSSR count). The van der Waals surface area contributed by atoms with E-state index in [4.69, 9.17) is 9.84 Å². The molecule has 1 aromatic rings. The third-order valence-electron chi connectivity index (χ3n) is 2.59. The molecule has 4 heteroatoms. The van der Waals surface area contributed by atoms with Crippen LogP contribution in [0.25, 0.3) is 0 Å². The number of carboxylic acids is 1. The van der Waals surface area contributed by atoms with Crippen molar-refractivity contribution < 1.29 is 19.4 Å². The van der Waals surface area contributed by atoms with Gasteiger partial charge in [-0.25, -0.2) is 0 Å². The van der Waals surface area contributed by atoms with Gasteiger partial charge in [-0.15, -0.1) is 0 Å². The molecular weight excluding hydrogens is 244 g/mol. The highest BCUT2D eigenvalue weighted by Gasteiger charge is 2.07. The topological polar surface area (TPSA) is 63.6 Å². The Labute approximate surface area is 113 Å². The van der Waals surface area contributed by atoms with Gasteiger partial charge in [0.15, 0.2) is 5.78 Å². The Morgan fingerprint density at radius 3 is 2.21 bits per heavy atom. The number of ketones is 1. The lowest BCUT2D eigenvalue weighted by atomic mass is 10.0. The normalized spacial score (nSPS) is 10.5. The van der Waals surface area contributed by atoms with Gasteiger partial charge >= 0.3 is 5.97 Å². The minimum atomic E-state index is -0.817. The van der Waals surface area contributed by atoms with Gasteiger partial charge in [0, 0.05) is 18.4 Å². The third-order valence-corrected chi connectivity index (χ3v) is 2.59. The molecule has 0 bridgehead atoms. The first-order valence-electron chi connectivity index (χ1n) is 6.50. The van der Waals surface area contributed by atoms with E-state index in [9.17, 15) is 9.59 Å². The van der Waals surface area contributed by atoms with Gasteiger partial charge in [0.2, 0.25) is 0 Å². The first-order valence-corrected chi connectivity index (χ1v) is 6.50. The fourth-order valence-electron chi connectivity index (χ4n) is 1.70. The second-order valence-electron chi connectivity index (χ2n) is 4.72. The van der Waals surface area contributed by atoms with Gasteiger partial charge in [0.1, 0.15) is 5.75 Å². The molecule has 0 saturated carbocycles. The molecule has 0 unspecified atom stereocenters. The van der Waals surface area contributed by atoms with E-state index in [0.29, 0.717) is 24.8 Å². The molecule has 0 radical (unpaired) electrons. The third kappa shape index (κ3) is 6.04. The Hall–Kier alpha value is -1.84. The zero-order chi connectivity index (χ0) is 14.3. The van der Waals surface area contributed by atoms with Gasteiger partial charge in [-0.05, 0) is 51.0 Å². The summed E-state index contributed by atoms with van der Waals surface area (Å²) in [7, 11) is 0. The van der Waals surface area contributed by atoms with E-state index in [-0.39, 0.29) is 18.3 Å². The lowest BCUT2D eigenvalue weighted by molar-refractivity contribution is -0.137. The van der Waals surface area contributed by atoms with Crippen molar-refractivity contribution in [2.24, 2.45) is 0 Å². The highest BCUT2D eigenvalue weighted by molar-refractivity contribution is 5.96. The molecule has 1 N–H and O–H groups in total. The van der Waals surface area contributed by atoms with Crippen molar-refractivity contribution in [3.8, 4) is 5.75 Å². The number of ether oxygens (including phenoxy) is 1. The van der Waals surface area contributed by atoms with Crippen LogP contribution >= 0.6 is 0 Å². The van der Waals surface area contributed by atoms with Crippen molar-refractivity contribution in [2.75, 3.05) is 0 Å². The minimum Gasteiger partial charge on any atom is -0.491 e. The summed E-state index contributed by atoms with van der Waals surface area (Å²) in [4.78, 5) is 22.2. The van der Waals surface area contributed by atoms with Crippen molar-refractivity contribution >= 4 is 11.8 Å². The van der Waals surface area contributed by atoms with E-state index >= 15 is 0 Å². The van der Waals surface area contributed by atoms with Crippen LogP contribution in [-0.2, 0) is 4.79 Å². The molecule has 1 aromatic carbocycles. The number of Topliss-reactive ketones (excluding diaryl/α,β-unsaturated/α-hetero) is 1. The highest BCUT2D eigenvalue weighted by Crippen LogP contribution is 2.15. The molecular formula is C15H20O4. The smallest absolute Gasteiger partial charge is 0.303 e. The molecule has 0 fully saturated rings. The summed E-state index contributed by atoms with van der Waals surface area (Å²) >= 11 is 0. The van der Waals surface area contributed by atoms with Crippen LogP contribution in [0.4, 0.5) is 0 Å². The quantitative estimate of drug-likeness (QED) is 0.578. The molecule has 0 heterocycles. The molecule has 104 valence electrons. The van der Waals surface area contributed by atoms with Crippen LogP contribution in [-0.4, -0.2) is 23.0 Å². The van der Waals surface area contributed by atoms with E-state index < -0.39 is 5.97 Å². The van der Waals surface area contributed by atoms with E-state index in [0.717, 1.165) is 5.75 Å². The van der Waals surface area contributed by atoms with Crippen molar-refractivity contribution in [1.82, 2.24) is 0 Å². The molecule has 0 amide bonds.